The van der Waals surface area contributed by atoms with E-state index in [-0.39, 0.29) is 5.56 Å². The number of rotatable bonds is 11. The van der Waals surface area contributed by atoms with Crippen molar-refractivity contribution in [3.63, 3.8) is 0 Å². The lowest BCUT2D eigenvalue weighted by Crippen LogP contribution is -2.50. The fourth-order valence-corrected chi connectivity index (χ4v) is 8.30. The minimum absolute atomic E-state index is 0.280. The molecule has 0 unspecified atom stereocenters. The number of halogens is 5. The van der Waals surface area contributed by atoms with Crippen molar-refractivity contribution in [3.05, 3.63) is 119 Å². The third kappa shape index (κ3) is 15.2. The molecule has 0 bridgehead atoms. The second-order valence-electron chi connectivity index (χ2n) is 20.8. The van der Waals surface area contributed by atoms with Crippen LogP contribution in [0.4, 0.5) is 31.5 Å². The highest BCUT2D eigenvalue weighted by molar-refractivity contribution is 5.79. The lowest BCUT2D eigenvalue weighted by molar-refractivity contribution is -0.133. The first-order valence-corrected chi connectivity index (χ1v) is 24.0. The summed E-state index contributed by atoms with van der Waals surface area (Å²) >= 11 is 0. The maximum absolute atomic E-state index is 14.0. The predicted octanol–water partition coefficient (Wildman–Crippen LogP) is 11.5. The van der Waals surface area contributed by atoms with Gasteiger partial charge in [-0.05, 0) is 112 Å². The number of carbonyl (C=O) groups excluding carboxylic acids is 3. The van der Waals surface area contributed by atoms with E-state index in [1.165, 1.54) is 21.9 Å². The Labute approximate surface area is 434 Å². The monoisotopic (exact) mass is 1050 g/mol. The van der Waals surface area contributed by atoms with Gasteiger partial charge in [0.2, 0.25) is 0 Å². The molecule has 20 heteroatoms. The fraction of sp³-hybridized carbons (Fsp3) is 0.473. The molecule has 5 aromatic rings. The lowest BCUT2D eigenvalue weighted by atomic mass is 10.0. The molecule has 4 heterocycles. The van der Waals surface area contributed by atoms with Crippen molar-refractivity contribution in [1.29, 1.82) is 0 Å². The van der Waals surface area contributed by atoms with Crippen molar-refractivity contribution in [3.8, 4) is 35.0 Å². The van der Waals surface area contributed by atoms with Crippen LogP contribution in [-0.4, -0.2) is 111 Å². The van der Waals surface area contributed by atoms with Crippen LogP contribution in [0.1, 0.15) is 121 Å². The summed E-state index contributed by atoms with van der Waals surface area (Å²) in [5.74, 6) is 2.10. The molecule has 15 nitrogen and oxygen atoms in total. The average Bonchev–Trinajstić information content (AvgIpc) is 4.11. The second kappa shape index (κ2) is 24.2. The van der Waals surface area contributed by atoms with Crippen molar-refractivity contribution in [2.24, 2.45) is 0 Å². The van der Waals surface area contributed by atoms with E-state index in [9.17, 15) is 41.4 Å². The summed E-state index contributed by atoms with van der Waals surface area (Å²) in [7, 11) is 0. The maximum Gasteiger partial charge on any atom is 0.413 e. The van der Waals surface area contributed by atoms with E-state index in [1.54, 1.807) is 124 Å². The molecule has 0 saturated carbocycles. The van der Waals surface area contributed by atoms with Crippen molar-refractivity contribution in [2.45, 2.75) is 149 Å². The van der Waals surface area contributed by atoms with Crippen LogP contribution in [0.3, 0.4) is 0 Å². The van der Waals surface area contributed by atoms with Gasteiger partial charge in [0.05, 0.1) is 29.5 Å². The van der Waals surface area contributed by atoms with Crippen LogP contribution in [0.5, 0.6) is 0 Å². The molecule has 3 aromatic carbocycles. The van der Waals surface area contributed by atoms with Gasteiger partial charge in [-0.1, -0.05) is 76.9 Å². The molecule has 6 atom stereocenters. The van der Waals surface area contributed by atoms with Gasteiger partial charge in [0.1, 0.15) is 61.0 Å². The van der Waals surface area contributed by atoms with Crippen LogP contribution in [-0.2, 0) is 23.7 Å². The Morgan fingerprint density at radius 1 is 0.707 bits per heavy atom. The molecule has 7 rings (SSSR count). The molecule has 2 aromatic heterocycles. The summed E-state index contributed by atoms with van der Waals surface area (Å²) in [6.45, 7) is 18.6. The fourth-order valence-electron chi connectivity index (χ4n) is 8.30. The number of ether oxygens (including phenoxy) is 4. The molecule has 75 heavy (non-hydrogen) atoms. The largest absolute Gasteiger partial charge is 0.444 e. The van der Waals surface area contributed by atoms with Crippen molar-refractivity contribution in [2.75, 3.05) is 20.0 Å². The molecule has 3 amide bonds. The van der Waals surface area contributed by atoms with Crippen molar-refractivity contribution >= 4 is 18.1 Å². The van der Waals surface area contributed by atoms with Crippen LogP contribution in [0.2, 0.25) is 0 Å². The molecule has 0 aliphatic carbocycles. The Kier molecular flexibility index (Phi) is 19.1. The van der Waals surface area contributed by atoms with Gasteiger partial charge in [-0.3, -0.25) is 14.6 Å². The van der Waals surface area contributed by atoms with Gasteiger partial charge in [-0.15, -0.1) is 6.42 Å². The van der Waals surface area contributed by atoms with Gasteiger partial charge < -0.3 is 38.4 Å². The van der Waals surface area contributed by atoms with E-state index in [4.69, 9.17) is 34.4 Å². The van der Waals surface area contributed by atoms with Crippen LogP contribution in [0.25, 0.3) is 22.6 Å². The average molecular weight is 1050 g/mol. The number of nitrogens with one attached hydrogen (secondary N) is 1. The SMILES string of the molecule is C#Cc1ccc([C@H]2OC(C)(C)N(C(=O)OC(C)(C)C)[C@@H]2CF)cc1.Cc1cc(-c2ccc([C@@H](O)[C@@H](CF)NC(=O)C(F)F)cc2)on1.Cc1cc(-c2ccc([C@H]3OC(C)(C)N(C(=O)OC(C)(C)C)[C@@H]3CF)cc2)on1. The number of terminal acetylenes is 1. The molecule has 2 saturated heterocycles. The van der Waals surface area contributed by atoms with E-state index >= 15 is 0 Å². The molecule has 2 N–H and O–H groups in total. The van der Waals surface area contributed by atoms with Gasteiger partial charge >= 0.3 is 18.6 Å². The third-order valence-corrected chi connectivity index (χ3v) is 11.6. The van der Waals surface area contributed by atoms with Gasteiger partial charge in [0, 0.05) is 28.8 Å². The highest BCUT2D eigenvalue weighted by Gasteiger charge is 2.53. The van der Waals surface area contributed by atoms with E-state index in [1.807, 2.05) is 37.3 Å². The zero-order chi connectivity index (χ0) is 55.8. The highest BCUT2D eigenvalue weighted by atomic mass is 19.3. The van der Waals surface area contributed by atoms with Crippen LogP contribution < -0.4 is 5.32 Å². The van der Waals surface area contributed by atoms with E-state index in [2.05, 4.69) is 16.2 Å². The first-order valence-electron chi connectivity index (χ1n) is 24.0. The molecule has 0 spiro atoms. The number of hydrogen-bond acceptors (Lipinski definition) is 12. The summed E-state index contributed by atoms with van der Waals surface area (Å²) in [4.78, 5) is 38.9. The zero-order valence-electron chi connectivity index (χ0n) is 44.1. The number of aliphatic hydroxyl groups is 1. The number of alkyl halides is 5. The molecular formula is C55H66F5N5O10. The highest BCUT2D eigenvalue weighted by Crippen LogP contribution is 2.44. The summed E-state index contributed by atoms with van der Waals surface area (Å²) in [5.41, 5.74) is 2.30. The zero-order valence-corrected chi connectivity index (χ0v) is 44.1. The summed E-state index contributed by atoms with van der Waals surface area (Å²) in [6.07, 6.45) is -1.71. The number of aromatic nitrogens is 2. The van der Waals surface area contributed by atoms with Crippen LogP contribution in [0, 0.1) is 26.2 Å². The number of aliphatic hydroxyl groups excluding tert-OH is 1. The van der Waals surface area contributed by atoms with E-state index in [0.29, 0.717) is 22.8 Å². The third-order valence-electron chi connectivity index (χ3n) is 11.6. The Morgan fingerprint density at radius 2 is 1.09 bits per heavy atom. The number of amides is 3. The van der Waals surface area contributed by atoms with Gasteiger partial charge in [-0.25, -0.2) is 22.8 Å². The normalized spacial score (nSPS) is 19.7. The van der Waals surface area contributed by atoms with Crippen LogP contribution in [0.15, 0.2) is 94.0 Å². The molecule has 2 aliphatic heterocycles. The lowest BCUT2D eigenvalue weighted by Gasteiger charge is -2.34. The van der Waals surface area contributed by atoms with E-state index < -0.39 is 104 Å². The first kappa shape index (κ1) is 59.1. The molecule has 406 valence electrons. The van der Waals surface area contributed by atoms with Crippen molar-refractivity contribution < 1.29 is 69.4 Å². The molecule has 0 radical (unpaired) electrons. The summed E-state index contributed by atoms with van der Waals surface area (Å²) in [5, 5.41) is 19.4. The number of aryl methyl sites for hydroxylation is 2. The quantitative estimate of drug-likeness (QED) is 0.0946. The Hall–Kier alpha value is -6.82. The Morgan fingerprint density at radius 3 is 1.41 bits per heavy atom. The molecular weight excluding hydrogens is 986 g/mol. The number of benzene rings is 3. The standard InChI is InChI=1S/C21H27FN2O4.C19H24FNO3.C15H15F3N2O3/c1-13-11-17(28-23-13)14-7-9-15(10-8-14)18-16(12-22)24(21(5,6)26-18)19(25)27-20(2,3)4;1-7-13-8-10-14(11-9-13)16-15(12-20)21(19(5,6)23-16)17(22)24-18(2,3)4;1-8-6-12(23-20-8)9-2-4-10(5-3-9)13(21)11(7-16)19-15(22)14(17)18/h7-11,16,18H,12H2,1-6H3;1,8-11,15-16H,12H2,2-6H3;2-6,11,13-14,21H,7H2,1H3,(H,19,22)/t16-,18-;15-,16-;11-,13-/m111/s1. The maximum atomic E-state index is 14.0. The Balaban J connectivity index is 0.000000209. The predicted molar refractivity (Wildman–Crippen MR) is 268 cm³/mol. The molecule has 2 aliphatic rings. The molecule has 2 fully saturated rings. The summed E-state index contributed by atoms with van der Waals surface area (Å²) in [6, 6.07) is 21.4. The number of carbonyl (C=O) groups is 3. The smallest absolute Gasteiger partial charge is 0.413 e. The van der Waals surface area contributed by atoms with Gasteiger partial charge in [-0.2, -0.15) is 8.78 Å². The van der Waals surface area contributed by atoms with Gasteiger partial charge in [0.15, 0.2) is 11.5 Å². The van der Waals surface area contributed by atoms with Gasteiger partial charge in [0.25, 0.3) is 5.91 Å². The minimum Gasteiger partial charge on any atom is -0.444 e. The van der Waals surface area contributed by atoms with Crippen LogP contribution >= 0.6 is 0 Å². The van der Waals surface area contributed by atoms with E-state index in [0.717, 1.165) is 27.9 Å². The number of hydrogen-bond donors (Lipinski definition) is 2. The number of nitrogens with zero attached hydrogens (tertiary/aromatic N) is 4. The topological polar surface area (TPSA) is 179 Å². The first-order chi connectivity index (χ1) is 35.0. The summed E-state index contributed by atoms with van der Waals surface area (Å²) < 4.78 is 98.5. The minimum atomic E-state index is -3.27. The van der Waals surface area contributed by atoms with Crippen molar-refractivity contribution in [1.82, 2.24) is 25.4 Å². The Bertz CT molecular complexity index is 2730. The second-order valence-corrected chi connectivity index (χ2v) is 20.8.